The Bertz CT molecular complexity index is 927. The third kappa shape index (κ3) is 3.92. The van der Waals surface area contributed by atoms with E-state index >= 15 is 0 Å². The second kappa shape index (κ2) is 6.86. The van der Waals surface area contributed by atoms with Crippen LogP contribution >= 0.6 is 11.6 Å². The Labute approximate surface area is 148 Å². The lowest BCUT2D eigenvalue weighted by Crippen LogP contribution is -2.27. The number of pyridine rings is 1. The normalized spacial score (nSPS) is 11.9. The Balaban J connectivity index is 1.80. The van der Waals surface area contributed by atoms with Gasteiger partial charge >= 0.3 is 11.8 Å². The van der Waals surface area contributed by atoms with Crippen LogP contribution in [0.5, 0.6) is 17.4 Å². The third-order valence-electron chi connectivity index (χ3n) is 3.51. The molecule has 1 aromatic heterocycles. The predicted octanol–water partition coefficient (Wildman–Crippen LogP) is 3.77. The highest BCUT2D eigenvalue weighted by Crippen LogP contribution is 2.25. The van der Waals surface area contributed by atoms with Crippen LogP contribution in [0.15, 0.2) is 54.7 Å². The Morgan fingerprint density at radius 3 is 2.48 bits per heavy atom. The van der Waals surface area contributed by atoms with Crippen LogP contribution < -0.4 is 14.2 Å². The van der Waals surface area contributed by atoms with Crippen LogP contribution in [-0.4, -0.2) is 17.2 Å². The number of hydrogen-bond donors (Lipinski definition) is 1. The molecule has 0 aliphatic carbocycles. The monoisotopic (exact) mass is 359 g/mol. The molecule has 1 atom stereocenters. The topological polar surface area (TPSA) is 82.7 Å². The first kappa shape index (κ1) is 16.9. The fraction of sp³-hybridized carbons (Fsp3) is 0.111. The zero-order valence-electron chi connectivity index (χ0n) is 13.2. The molecule has 3 rings (SSSR count). The molecule has 25 heavy (non-hydrogen) atoms. The van der Waals surface area contributed by atoms with Crippen molar-refractivity contribution in [2.45, 2.75) is 13.0 Å². The standard InChI is InChI=1S/C18H14ClNO5/c1-11(18(21)22)24-15-4-6-16(7-5-15)25-17-9-12-2-3-14(19)8-13(12)10-20(17)23/h2-11H,1H3,(H,21,22). The summed E-state index contributed by atoms with van der Waals surface area (Å²) in [6.07, 6.45) is 0.436. The highest BCUT2D eigenvalue weighted by molar-refractivity contribution is 6.31. The Kier molecular flexibility index (Phi) is 4.63. The number of hydrogen-bond acceptors (Lipinski definition) is 4. The summed E-state index contributed by atoms with van der Waals surface area (Å²) < 4.78 is 11.5. The first-order valence-electron chi connectivity index (χ1n) is 7.42. The number of ether oxygens (including phenoxy) is 2. The van der Waals surface area contributed by atoms with Gasteiger partial charge in [-0.05, 0) is 48.7 Å². The lowest BCUT2D eigenvalue weighted by molar-refractivity contribution is -0.609. The van der Waals surface area contributed by atoms with Crippen molar-refractivity contribution in [3.05, 3.63) is 65.0 Å². The van der Waals surface area contributed by atoms with Crippen LogP contribution in [0.25, 0.3) is 10.8 Å². The maximum atomic E-state index is 12.1. The summed E-state index contributed by atoms with van der Waals surface area (Å²) >= 11 is 5.92. The molecule has 0 aliphatic rings. The molecule has 0 bridgehead atoms. The van der Waals surface area contributed by atoms with Gasteiger partial charge in [0.15, 0.2) is 12.3 Å². The molecule has 128 valence electrons. The molecular formula is C18H14ClNO5. The van der Waals surface area contributed by atoms with Gasteiger partial charge in [0.25, 0.3) is 0 Å². The Morgan fingerprint density at radius 2 is 1.80 bits per heavy atom. The van der Waals surface area contributed by atoms with Crippen molar-refractivity contribution in [3.8, 4) is 17.4 Å². The number of aliphatic carboxylic acids is 1. The van der Waals surface area contributed by atoms with Gasteiger partial charge in [0, 0.05) is 10.4 Å². The van der Waals surface area contributed by atoms with E-state index in [1.165, 1.54) is 13.1 Å². The quantitative estimate of drug-likeness (QED) is 0.554. The van der Waals surface area contributed by atoms with Crippen LogP contribution in [0.1, 0.15) is 6.92 Å². The lowest BCUT2D eigenvalue weighted by Gasteiger charge is -2.11. The van der Waals surface area contributed by atoms with Gasteiger partial charge in [-0.2, -0.15) is 0 Å². The molecule has 0 spiro atoms. The minimum atomic E-state index is -1.05. The third-order valence-corrected chi connectivity index (χ3v) is 3.74. The van der Waals surface area contributed by atoms with E-state index in [2.05, 4.69) is 0 Å². The molecule has 1 unspecified atom stereocenters. The smallest absolute Gasteiger partial charge is 0.385 e. The number of carboxylic acids is 1. The highest BCUT2D eigenvalue weighted by Gasteiger charge is 2.14. The summed E-state index contributed by atoms with van der Waals surface area (Å²) in [5.74, 6) is -0.120. The average Bonchev–Trinajstić information content (AvgIpc) is 2.57. The molecule has 0 amide bonds. The van der Waals surface area contributed by atoms with Gasteiger partial charge < -0.3 is 19.8 Å². The molecule has 1 N–H and O–H groups in total. The number of rotatable bonds is 5. The summed E-state index contributed by atoms with van der Waals surface area (Å²) in [6, 6.07) is 13.2. The molecule has 0 fully saturated rings. The van der Waals surface area contributed by atoms with Crippen molar-refractivity contribution in [3.63, 3.8) is 0 Å². The van der Waals surface area contributed by atoms with Gasteiger partial charge in [-0.1, -0.05) is 17.7 Å². The van der Waals surface area contributed by atoms with Gasteiger partial charge in [-0.3, -0.25) is 0 Å². The van der Waals surface area contributed by atoms with Crippen LogP contribution in [0.3, 0.4) is 0 Å². The molecule has 0 aliphatic heterocycles. The van der Waals surface area contributed by atoms with Crippen LogP contribution in [-0.2, 0) is 4.79 Å². The minimum absolute atomic E-state index is 0.113. The van der Waals surface area contributed by atoms with Crippen LogP contribution in [0.4, 0.5) is 0 Å². The van der Waals surface area contributed by atoms with E-state index in [-0.39, 0.29) is 5.88 Å². The van der Waals surface area contributed by atoms with Crippen molar-refractivity contribution in [1.29, 1.82) is 0 Å². The van der Waals surface area contributed by atoms with Crippen molar-refractivity contribution >= 4 is 28.3 Å². The van der Waals surface area contributed by atoms with E-state index in [1.807, 2.05) is 0 Å². The zero-order valence-corrected chi connectivity index (χ0v) is 13.9. The number of benzene rings is 2. The first-order chi connectivity index (χ1) is 11.9. The second-order valence-electron chi connectivity index (χ2n) is 5.38. The first-order valence-corrected chi connectivity index (χ1v) is 7.80. The average molecular weight is 360 g/mol. The van der Waals surface area contributed by atoms with E-state index < -0.39 is 12.1 Å². The van der Waals surface area contributed by atoms with Crippen molar-refractivity contribution in [2.24, 2.45) is 0 Å². The Morgan fingerprint density at radius 1 is 1.12 bits per heavy atom. The SMILES string of the molecule is CC(Oc1ccc(Oc2cc3ccc(Cl)cc3c[n+]2[O-])cc1)C(=O)O. The lowest BCUT2D eigenvalue weighted by atomic mass is 10.2. The fourth-order valence-corrected chi connectivity index (χ4v) is 2.39. The number of fused-ring (bicyclic) bond motifs is 1. The highest BCUT2D eigenvalue weighted by atomic mass is 35.5. The summed E-state index contributed by atoms with van der Waals surface area (Å²) in [5.41, 5.74) is 0. The summed E-state index contributed by atoms with van der Waals surface area (Å²) in [6.45, 7) is 1.44. The molecule has 3 aromatic rings. The van der Waals surface area contributed by atoms with E-state index in [0.717, 1.165) is 5.39 Å². The van der Waals surface area contributed by atoms with Crippen molar-refractivity contribution in [1.82, 2.24) is 0 Å². The number of carboxylic acid groups (broad SMARTS) is 1. The number of carbonyl (C=O) groups is 1. The van der Waals surface area contributed by atoms with Gasteiger partial charge in [0.1, 0.15) is 11.5 Å². The number of aromatic nitrogens is 1. The van der Waals surface area contributed by atoms with Gasteiger partial charge in [0.05, 0.1) is 6.07 Å². The molecule has 0 radical (unpaired) electrons. The molecule has 0 saturated carbocycles. The maximum absolute atomic E-state index is 12.1. The van der Waals surface area contributed by atoms with Crippen molar-refractivity contribution in [2.75, 3.05) is 0 Å². The maximum Gasteiger partial charge on any atom is 0.385 e. The van der Waals surface area contributed by atoms with E-state index in [4.69, 9.17) is 26.2 Å². The fourth-order valence-electron chi connectivity index (χ4n) is 2.21. The predicted molar refractivity (Wildman–Crippen MR) is 92.2 cm³/mol. The molecule has 6 nitrogen and oxygen atoms in total. The number of nitrogens with zero attached hydrogens (tertiary/aromatic N) is 1. The Hall–Kier alpha value is -2.99. The zero-order chi connectivity index (χ0) is 18.0. The van der Waals surface area contributed by atoms with Crippen molar-refractivity contribution < 1.29 is 24.1 Å². The van der Waals surface area contributed by atoms with E-state index in [1.54, 1.807) is 48.5 Å². The van der Waals surface area contributed by atoms with Gasteiger partial charge in [0.2, 0.25) is 0 Å². The van der Waals surface area contributed by atoms with Crippen LogP contribution in [0.2, 0.25) is 5.02 Å². The van der Waals surface area contributed by atoms with Crippen LogP contribution in [0, 0.1) is 5.21 Å². The van der Waals surface area contributed by atoms with Gasteiger partial charge in [-0.15, -0.1) is 4.73 Å². The summed E-state index contributed by atoms with van der Waals surface area (Å²) in [7, 11) is 0. The summed E-state index contributed by atoms with van der Waals surface area (Å²) in [4.78, 5) is 10.8. The molecule has 2 aromatic carbocycles. The van der Waals surface area contributed by atoms with E-state index in [9.17, 15) is 10.0 Å². The summed E-state index contributed by atoms with van der Waals surface area (Å²) in [5, 5.41) is 23.0. The number of halogens is 1. The largest absolute Gasteiger partial charge is 0.616 e. The second-order valence-corrected chi connectivity index (χ2v) is 5.82. The minimum Gasteiger partial charge on any atom is -0.616 e. The molecular weight excluding hydrogens is 346 g/mol. The molecule has 0 saturated heterocycles. The molecule has 1 heterocycles. The van der Waals surface area contributed by atoms with E-state index in [0.29, 0.717) is 26.6 Å². The molecule has 7 heteroatoms. The van der Waals surface area contributed by atoms with Gasteiger partial charge in [-0.25, -0.2) is 4.79 Å².